The minimum absolute atomic E-state index is 0.123. The van der Waals surface area contributed by atoms with Gasteiger partial charge >= 0.3 is 0 Å². The monoisotopic (exact) mass is 424 g/mol. The molecule has 0 unspecified atom stereocenters. The molecular weight excluding hydrogens is 400 g/mol. The number of carbonyl (C=O) groups is 2. The highest BCUT2D eigenvalue weighted by Gasteiger charge is 2.20. The highest BCUT2D eigenvalue weighted by molar-refractivity contribution is 5.97. The van der Waals surface area contributed by atoms with Crippen LogP contribution in [0.25, 0.3) is 22.2 Å². The number of amides is 2. The zero-order valence-electron chi connectivity index (χ0n) is 17.7. The summed E-state index contributed by atoms with van der Waals surface area (Å²) in [6, 6.07) is 21.9. The van der Waals surface area contributed by atoms with Crippen molar-refractivity contribution in [1.29, 1.82) is 0 Å². The number of imidazole rings is 1. The molecule has 0 aliphatic carbocycles. The van der Waals surface area contributed by atoms with E-state index in [1.165, 1.54) is 0 Å². The fraction of sp³-hybridized carbons (Fsp3) is 0.192. The molecule has 2 amide bonds. The molecule has 6 heteroatoms. The lowest BCUT2D eigenvalue weighted by molar-refractivity contribution is -0.128. The van der Waals surface area contributed by atoms with Crippen LogP contribution < -0.4 is 5.32 Å². The first kappa shape index (κ1) is 20.0. The molecule has 6 nitrogen and oxygen atoms in total. The Balaban J connectivity index is 1.29. The molecule has 0 bridgehead atoms. The smallest absolute Gasteiger partial charge is 0.251 e. The number of aromatic nitrogens is 2. The van der Waals surface area contributed by atoms with Crippen molar-refractivity contribution < 1.29 is 9.59 Å². The lowest BCUT2D eigenvalue weighted by atomic mass is 9.98. The van der Waals surface area contributed by atoms with Crippen LogP contribution in [-0.2, 0) is 17.9 Å². The number of nitrogens with one attached hydrogen (secondary N) is 2. The fourth-order valence-electron chi connectivity index (χ4n) is 4.19. The molecule has 1 aliphatic rings. The van der Waals surface area contributed by atoms with Gasteiger partial charge in [0.15, 0.2) is 0 Å². The molecule has 1 fully saturated rings. The van der Waals surface area contributed by atoms with Crippen LogP contribution in [0.3, 0.4) is 0 Å². The van der Waals surface area contributed by atoms with Gasteiger partial charge in [0.25, 0.3) is 5.91 Å². The minimum atomic E-state index is -0.123. The van der Waals surface area contributed by atoms with E-state index in [-0.39, 0.29) is 11.8 Å². The van der Waals surface area contributed by atoms with Gasteiger partial charge < -0.3 is 15.2 Å². The first-order valence-electron chi connectivity index (χ1n) is 10.8. The second-order valence-corrected chi connectivity index (χ2v) is 8.09. The normalized spacial score (nSPS) is 13.6. The Kier molecular flexibility index (Phi) is 5.42. The van der Waals surface area contributed by atoms with Crippen LogP contribution in [0.2, 0.25) is 0 Å². The second kappa shape index (κ2) is 8.67. The van der Waals surface area contributed by atoms with E-state index in [0.717, 1.165) is 46.3 Å². The zero-order chi connectivity index (χ0) is 21.9. The number of likely N-dealkylation sites (tertiary alicyclic amines) is 1. The molecule has 4 aromatic rings. The van der Waals surface area contributed by atoms with Crippen molar-refractivity contribution in [3.63, 3.8) is 0 Å². The highest BCUT2D eigenvalue weighted by atomic mass is 16.2. The maximum atomic E-state index is 12.7. The second-order valence-electron chi connectivity index (χ2n) is 8.09. The molecule has 0 saturated carbocycles. The zero-order valence-corrected chi connectivity index (χ0v) is 17.7. The number of H-pyrrole nitrogens is 1. The van der Waals surface area contributed by atoms with E-state index < -0.39 is 0 Å². The quantitative estimate of drug-likeness (QED) is 0.485. The Labute approximate surface area is 186 Å². The van der Waals surface area contributed by atoms with E-state index in [0.29, 0.717) is 25.1 Å². The highest BCUT2D eigenvalue weighted by Crippen LogP contribution is 2.25. The van der Waals surface area contributed by atoms with Gasteiger partial charge in [-0.15, -0.1) is 0 Å². The van der Waals surface area contributed by atoms with Gasteiger partial charge in [-0.2, -0.15) is 0 Å². The van der Waals surface area contributed by atoms with E-state index in [1.54, 1.807) is 12.4 Å². The first-order chi connectivity index (χ1) is 15.7. The third-order valence-corrected chi connectivity index (χ3v) is 5.95. The average Bonchev–Trinajstić information content (AvgIpc) is 3.46. The fourth-order valence-corrected chi connectivity index (χ4v) is 4.19. The van der Waals surface area contributed by atoms with Crippen LogP contribution in [0.1, 0.15) is 34.3 Å². The van der Waals surface area contributed by atoms with Crippen LogP contribution in [-0.4, -0.2) is 33.2 Å². The number of rotatable bonds is 6. The lowest BCUT2D eigenvalue weighted by Crippen LogP contribution is -2.23. The van der Waals surface area contributed by atoms with Crippen molar-refractivity contribution in [2.45, 2.75) is 25.9 Å². The third kappa shape index (κ3) is 4.12. The maximum Gasteiger partial charge on any atom is 0.251 e. The third-order valence-electron chi connectivity index (χ3n) is 5.95. The lowest BCUT2D eigenvalue weighted by Gasteiger charge is -2.16. The van der Waals surface area contributed by atoms with Crippen molar-refractivity contribution in [1.82, 2.24) is 20.2 Å². The van der Waals surface area contributed by atoms with E-state index >= 15 is 0 Å². The number of nitrogens with zero attached hydrogens (tertiary/aromatic N) is 2. The van der Waals surface area contributed by atoms with Gasteiger partial charge in [-0.3, -0.25) is 9.59 Å². The van der Waals surface area contributed by atoms with Crippen molar-refractivity contribution in [2.75, 3.05) is 6.54 Å². The molecule has 2 heterocycles. The molecule has 160 valence electrons. The Morgan fingerprint density at radius 1 is 1.06 bits per heavy atom. The summed E-state index contributed by atoms with van der Waals surface area (Å²) in [5.74, 6) is 0.115. The van der Waals surface area contributed by atoms with E-state index in [1.807, 2.05) is 35.2 Å². The Bertz CT molecular complexity index is 1280. The number of aromatic amines is 1. The molecule has 2 N–H and O–H groups in total. The van der Waals surface area contributed by atoms with Gasteiger partial charge in [0, 0.05) is 31.6 Å². The minimum Gasteiger partial charge on any atom is -0.348 e. The summed E-state index contributed by atoms with van der Waals surface area (Å²) >= 11 is 0. The average molecular weight is 425 g/mol. The molecule has 0 spiro atoms. The first-order valence-corrected chi connectivity index (χ1v) is 10.8. The largest absolute Gasteiger partial charge is 0.348 e. The Morgan fingerprint density at radius 3 is 2.72 bits per heavy atom. The van der Waals surface area contributed by atoms with E-state index in [2.05, 4.69) is 45.6 Å². The van der Waals surface area contributed by atoms with Crippen molar-refractivity contribution in [2.24, 2.45) is 0 Å². The number of hydrogen-bond donors (Lipinski definition) is 2. The number of fused-ring (bicyclic) bond motifs is 1. The van der Waals surface area contributed by atoms with Crippen LogP contribution >= 0.6 is 0 Å². The molecule has 1 saturated heterocycles. The number of carbonyl (C=O) groups excluding carboxylic acids is 2. The molecule has 3 aromatic carbocycles. The molecule has 1 aromatic heterocycles. The van der Waals surface area contributed by atoms with Gasteiger partial charge in [-0.25, -0.2) is 4.98 Å². The Morgan fingerprint density at radius 2 is 1.91 bits per heavy atom. The standard InChI is InChI=1S/C26H24N4O2/c31-25-6-3-13-30(25)16-18-7-9-19(10-8-18)22-5-2-1-4-21(22)15-27-26(32)20-11-12-23-24(14-20)29-17-28-23/h1-2,4-5,7-12,14,17H,3,6,13,15-16H2,(H,27,32)(H,28,29). The summed E-state index contributed by atoms with van der Waals surface area (Å²) in [4.78, 5) is 33.7. The van der Waals surface area contributed by atoms with Crippen molar-refractivity contribution >= 4 is 22.8 Å². The summed E-state index contributed by atoms with van der Waals surface area (Å²) in [5.41, 5.74) is 6.62. The van der Waals surface area contributed by atoms with Crippen LogP contribution in [0.5, 0.6) is 0 Å². The molecular formula is C26H24N4O2. The summed E-state index contributed by atoms with van der Waals surface area (Å²) in [7, 11) is 0. The number of benzene rings is 3. The van der Waals surface area contributed by atoms with Gasteiger partial charge in [-0.05, 0) is 46.9 Å². The summed E-state index contributed by atoms with van der Waals surface area (Å²) in [6.07, 6.45) is 3.23. The Hall–Kier alpha value is -3.93. The molecule has 0 atom stereocenters. The topological polar surface area (TPSA) is 78.1 Å². The van der Waals surface area contributed by atoms with Crippen LogP contribution in [0, 0.1) is 0 Å². The van der Waals surface area contributed by atoms with Crippen LogP contribution in [0.15, 0.2) is 73.1 Å². The number of hydrogen-bond acceptors (Lipinski definition) is 3. The van der Waals surface area contributed by atoms with E-state index in [4.69, 9.17) is 0 Å². The summed E-state index contributed by atoms with van der Waals surface area (Å²) in [5, 5.41) is 3.03. The van der Waals surface area contributed by atoms with Crippen molar-refractivity contribution in [3.8, 4) is 11.1 Å². The predicted octanol–water partition coefficient (Wildman–Crippen LogP) is 4.28. The van der Waals surface area contributed by atoms with Crippen molar-refractivity contribution in [3.05, 3.63) is 89.7 Å². The van der Waals surface area contributed by atoms with Gasteiger partial charge in [0.2, 0.25) is 5.91 Å². The molecule has 1 aliphatic heterocycles. The van der Waals surface area contributed by atoms with Gasteiger partial charge in [0.1, 0.15) is 0 Å². The molecule has 32 heavy (non-hydrogen) atoms. The van der Waals surface area contributed by atoms with Gasteiger partial charge in [0.05, 0.1) is 17.4 Å². The molecule has 0 radical (unpaired) electrons. The SMILES string of the molecule is O=C(NCc1ccccc1-c1ccc(CN2CCCC2=O)cc1)c1ccc2nc[nH]c2c1. The van der Waals surface area contributed by atoms with Crippen LogP contribution in [0.4, 0.5) is 0 Å². The maximum absolute atomic E-state index is 12.7. The summed E-state index contributed by atoms with van der Waals surface area (Å²) in [6.45, 7) is 1.94. The van der Waals surface area contributed by atoms with Gasteiger partial charge in [-0.1, -0.05) is 48.5 Å². The van der Waals surface area contributed by atoms with E-state index in [9.17, 15) is 9.59 Å². The molecule has 5 rings (SSSR count). The predicted molar refractivity (Wildman–Crippen MR) is 124 cm³/mol. The summed E-state index contributed by atoms with van der Waals surface area (Å²) < 4.78 is 0.